The van der Waals surface area contributed by atoms with Gasteiger partial charge in [-0.3, -0.25) is 9.59 Å². The third kappa shape index (κ3) is 8.84. The van der Waals surface area contributed by atoms with Crippen LogP contribution in [-0.4, -0.2) is 52.3 Å². The number of hydrogen-bond acceptors (Lipinski definition) is 9. The minimum atomic E-state index is -0.336. The van der Waals surface area contributed by atoms with Gasteiger partial charge in [-0.2, -0.15) is 0 Å². The summed E-state index contributed by atoms with van der Waals surface area (Å²) in [6.45, 7) is 9.60. The predicted molar refractivity (Wildman–Crippen MR) is 202 cm³/mol. The van der Waals surface area contributed by atoms with Crippen LogP contribution in [0.2, 0.25) is 0 Å². The van der Waals surface area contributed by atoms with Crippen LogP contribution in [0.25, 0.3) is 6.08 Å². The second-order valence-electron chi connectivity index (χ2n) is 14.4. The molecule has 0 fully saturated rings. The summed E-state index contributed by atoms with van der Waals surface area (Å²) in [4.78, 5) is 25.4. The number of Topliss-reactive ketones (excluding diaryl/α,β-unsaturated/α-hetero) is 2. The Morgan fingerprint density at radius 2 is 1.35 bits per heavy atom. The van der Waals surface area contributed by atoms with E-state index in [-0.39, 0.29) is 61.7 Å². The number of carbonyl (C=O) groups excluding carboxylic acids is 2. The van der Waals surface area contributed by atoms with E-state index in [2.05, 4.69) is 13.8 Å². The number of benzene rings is 4. The van der Waals surface area contributed by atoms with Crippen molar-refractivity contribution in [1.29, 1.82) is 0 Å². The van der Waals surface area contributed by atoms with Crippen molar-refractivity contribution in [1.82, 2.24) is 0 Å². The first-order valence-electron chi connectivity index (χ1n) is 17.3. The van der Waals surface area contributed by atoms with Crippen molar-refractivity contribution < 1.29 is 45.3 Å². The zero-order valence-corrected chi connectivity index (χ0v) is 31.0. The average molecular weight is 711 g/mol. The van der Waals surface area contributed by atoms with Crippen molar-refractivity contribution in [2.75, 3.05) is 14.2 Å². The van der Waals surface area contributed by atoms with Gasteiger partial charge in [0, 0.05) is 36.5 Å². The summed E-state index contributed by atoms with van der Waals surface area (Å²) in [5.41, 5.74) is 6.23. The van der Waals surface area contributed by atoms with Crippen LogP contribution in [-0.2, 0) is 32.5 Å². The molecule has 0 spiro atoms. The van der Waals surface area contributed by atoms with Gasteiger partial charge in [0.2, 0.25) is 0 Å². The summed E-state index contributed by atoms with van der Waals surface area (Å²) in [6.07, 6.45) is 6.18. The average Bonchev–Trinajstić information content (AvgIpc) is 3.11. The molecular formula is C43H50O9. The van der Waals surface area contributed by atoms with Gasteiger partial charge in [0.15, 0.2) is 23.1 Å². The van der Waals surface area contributed by atoms with Crippen molar-refractivity contribution in [3.05, 3.63) is 117 Å². The number of carbonyl (C=O) groups is 2. The number of aryl methyl sites for hydroxylation is 1. The minimum absolute atomic E-state index is 0. The van der Waals surface area contributed by atoms with E-state index in [9.17, 15) is 24.9 Å². The first kappa shape index (κ1) is 38.1. The lowest BCUT2D eigenvalue weighted by Gasteiger charge is -2.32. The Morgan fingerprint density at radius 3 is 1.96 bits per heavy atom. The summed E-state index contributed by atoms with van der Waals surface area (Å²) in [6, 6.07) is 18.0. The maximum atomic E-state index is 12.7. The SMILES string of the molecule is COc1cc(CC(=O)c2ccc3c(c2)C=CC(C)(C)O3)cc(CO)c1C.COc1cc(CC(=O)c2ccc3c(c2)CCC(C)(C)O3)cc(CO)c1O.[HH]. The van der Waals surface area contributed by atoms with Gasteiger partial charge in [-0.05, 0) is 136 Å². The molecule has 3 N–H and O–H groups in total. The number of methoxy groups -OCH3 is 2. The van der Waals surface area contributed by atoms with E-state index >= 15 is 0 Å². The lowest BCUT2D eigenvalue weighted by molar-refractivity contribution is 0.0845. The lowest BCUT2D eigenvalue weighted by atomic mass is 9.92. The van der Waals surface area contributed by atoms with Crippen molar-refractivity contribution in [2.24, 2.45) is 0 Å². The maximum absolute atomic E-state index is 12.7. The van der Waals surface area contributed by atoms with Gasteiger partial charge in [-0.1, -0.05) is 12.1 Å². The van der Waals surface area contributed by atoms with E-state index in [1.54, 1.807) is 31.4 Å². The molecule has 9 heteroatoms. The fraction of sp³-hybridized carbons (Fsp3) is 0.349. The number of fused-ring (bicyclic) bond motifs is 2. The van der Waals surface area contributed by atoms with E-state index in [0.717, 1.165) is 52.2 Å². The van der Waals surface area contributed by atoms with Crippen LogP contribution in [0.5, 0.6) is 28.7 Å². The zero-order valence-electron chi connectivity index (χ0n) is 31.0. The quantitative estimate of drug-likeness (QED) is 0.141. The first-order chi connectivity index (χ1) is 24.6. The Kier molecular flexibility index (Phi) is 11.5. The molecule has 0 saturated heterocycles. The Hall–Kier alpha value is -5.12. The molecule has 2 heterocycles. The fourth-order valence-corrected chi connectivity index (χ4v) is 6.35. The van der Waals surface area contributed by atoms with Gasteiger partial charge < -0.3 is 34.3 Å². The summed E-state index contributed by atoms with van der Waals surface area (Å²) in [5, 5.41) is 28.9. The Bertz CT molecular complexity index is 1960. The Balaban J connectivity index is 0.000000232. The standard InChI is InChI=1S/C22H24O4.C21H24O5.H2/c1-14-18(13-23)9-15(11-21(14)25-4)10-19(24)16-5-6-20-17(12-16)7-8-22(2,3)26-20;1-21(2)7-6-15-11-14(4-5-18(15)26-21)17(23)9-13-8-16(12-22)20(24)19(10-13)25-3;/h5-9,11-12,23H,10,13H2,1-4H3;4-5,8,10-11,22,24H,6-7,9,12H2,1-3H3;1H. The van der Waals surface area contributed by atoms with Crippen LogP contribution >= 0.6 is 0 Å². The van der Waals surface area contributed by atoms with Gasteiger partial charge in [0.25, 0.3) is 0 Å². The van der Waals surface area contributed by atoms with Crippen LogP contribution in [0.4, 0.5) is 0 Å². The largest absolute Gasteiger partial charge is 0.504 e. The third-order valence-corrected chi connectivity index (χ3v) is 9.39. The summed E-state index contributed by atoms with van der Waals surface area (Å²) in [7, 11) is 3.03. The summed E-state index contributed by atoms with van der Waals surface area (Å²) in [5.74, 6) is 2.44. The van der Waals surface area contributed by atoms with Crippen LogP contribution < -0.4 is 18.9 Å². The monoisotopic (exact) mass is 710 g/mol. The van der Waals surface area contributed by atoms with Crippen molar-refractivity contribution in [2.45, 2.75) is 84.7 Å². The molecule has 0 aromatic heterocycles. The molecule has 276 valence electrons. The molecule has 52 heavy (non-hydrogen) atoms. The van der Waals surface area contributed by atoms with Gasteiger partial charge in [-0.25, -0.2) is 0 Å². The van der Waals surface area contributed by atoms with E-state index in [1.165, 1.54) is 7.11 Å². The molecule has 2 aliphatic rings. The highest BCUT2D eigenvalue weighted by molar-refractivity contribution is 5.99. The second kappa shape index (κ2) is 15.6. The maximum Gasteiger partial charge on any atom is 0.167 e. The number of ketones is 2. The molecule has 0 saturated carbocycles. The highest BCUT2D eigenvalue weighted by Gasteiger charge is 2.27. The third-order valence-electron chi connectivity index (χ3n) is 9.39. The highest BCUT2D eigenvalue weighted by Crippen LogP contribution is 2.35. The van der Waals surface area contributed by atoms with E-state index in [1.807, 2.05) is 69.3 Å². The molecular weight excluding hydrogens is 660 g/mol. The number of phenols is 1. The van der Waals surface area contributed by atoms with E-state index in [0.29, 0.717) is 28.0 Å². The van der Waals surface area contributed by atoms with Crippen LogP contribution in [0.1, 0.15) is 95.2 Å². The topological polar surface area (TPSA) is 132 Å². The molecule has 0 unspecified atom stereocenters. The number of aliphatic hydroxyl groups is 2. The van der Waals surface area contributed by atoms with Crippen molar-refractivity contribution >= 4 is 17.6 Å². The molecule has 2 aliphatic heterocycles. The molecule has 0 radical (unpaired) electrons. The summed E-state index contributed by atoms with van der Waals surface area (Å²) < 4.78 is 22.3. The van der Waals surface area contributed by atoms with Crippen molar-refractivity contribution in [3.63, 3.8) is 0 Å². The molecule has 0 amide bonds. The van der Waals surface area contributed by atoms with Crippen LogP contribution in [0.15, 0.2) is 66.7 Å². The molecule has 4 aromatic carbocycles. The smallest absolute Gasteiger partial charge is 0.167 e. The molecule has 0 bridgehead atoms. The lowest BCUT2D eigenvalue weighted by Crippen LogP contribution is -2.32. The molecule has 0 aliphatic carbocycles. The Labute approximate surface area is 306 Å². The number of aromatic hydroxyl groups is 1. The Morgan fingerprint density at radius 1 is 0.769 bits per heavy atom. The fourth-order valence-electron chi connectivity index (χ4n) is 6.35. The van der Waals surface area contributed by atoms with Gasteiger partial charge in [-0.15, -0.1) is 0 Å². The van der Waals surface area contributed by atoms with Crippen molar-refractivity contribution in [3.8, 4) is 28.7 Å². The predicted octanol–water partition coefficient (Wildman–Crippen LogP) is 7.77. The first-order valence-corrected chi connectivity index (χ1v) is 17.3. The number of ether oxygens (including phenoxy) is 4. The van der Waals surface area contributed by atoms with Gasteiger partial charge >= 0.3 is 0 Å². The molecule has 4 aromatic rings. The molecule has 6 rings (SSSR count). The van der Waals surface area contributed by atoms with E-state index < -0.39 is 0 Å². The highest BCUT2D eigenvalue weighted by atomic mass is 16.5. The second-order valence-corrected chi connectivity index (χ2v) is 14.4. The van der Waals surface area contributed by atoms with E-state index in [4.69, 9.17) is 18.9 Å². The summed E-state index contributed by atoms with van der Waals surface area (Å²) >= 11 is 0. The number of aliphatic hydroxyl groups excluding tert-OH is 2. The molecule has 0 atom stereocenters. The van der Waals surface area contributed by atoms with Gasteiger partial charge in [0.1, 0.15) is 28.5 Å². The van der Waals surface area contributed by atoms with Crippen LogP contribution in [0.3, 0.4) is 0 Å². The normalized spacial score (nSPS) is 14.8. The number of hydrogen-bond donors (Lipinski definition) is 3. The minimum Gasteiger partial charge on any atom is -0.504 e. The molecule has 9 nitrogen and oxygen atoms in total. The zero-order chi connectivity index (χ0) is 37.8. The number of rotatable bonds is 10. The van der Waals surface area contributed by atoms with Gasteiger partial charge in [0.05, 0.1) is 27.4 Å². The van der Waals surface area contributed by atoms with Crippen LogP contribution in [0, 0.1) is 6.92 Å².